The summed E-state index contributed by atoms with van der Waals surface area (Å²) >= 11 is 0. The van der Waals surface area contributed by atoms with E-state index >= 15 is 0 Å². The van der Waals surface area contributed by atoms with Crippen molar-refractivity contribution in [3.63, 3.8) is 0 Å². The van der Waals surface area contributed by atoms with Crippen molar-refractivity contribution in [2.24, 2.45) is 0 Å². The lowest BCUT2D eigenvalue weighted by Crippen LogP contribution is -2.42. The lowest BCUT2D eigenvalue weighted by atomic mass is 10.1. The Morgan fingerprint density at radius 1 is 1.07 bits per heavy atom. The molecular formula is C20H36O8. The molecule has 6 atom stereocenters. The van der Waals surface area contributed by atoms with E-state index in [4.69, 9.17) is 28.4 Å². The third kappa shape index (κ3) is 6.34. The van der Waals surface area contributed by atoms with Crippen LogP contribution in [-0.2, 0) is 28.4 Å². The fraction of sp³-hybridized carbons (Fsp3) is 1.00. The fourth-order valence-electron chi connectivity index (χ4n) is 3.85. The van der Waals surface area contributed by atoms with Crippen molar-refractivity contribution >= 4 is 0 Å². The first-order valence-electron chi connectivity index (χ1n) is 10.6. The lowest BCUT2D eigenvalue weighted by molar-refractivity contribution is -0.228. The predicted octanol–water partition coefficient (Wildman–Crippen LogP) is 1.70. The smallest absolute Gasteiger partial charge is 0.190 e. The van der Waals surface area contributed by atoms with Crippen LogP contribution in [0.25, 0.3) is 0 Å². The molecule has 0 aromatic carbocycles. The summed E-state index contributed by atoms with van der Waals surface area (Å²) < 4.78 is 33.6. The van der Waals surface area contributed by atoms with Gasteiger partial charge in [0.05, 0.1) is 6.61 Å². The number of hydrogen-bond acceptors (Lipinski definition) is 8. The molecule has 1 unspecified atom stereocenters. The molecule has 0 aromatic heterocycles. The first-order chi connectivity index (χ1) is 13.5. The number of ether oxygens (including phenoxy) is 6. The third-order valence-electron chi connectivity index (χ3n) is 5.35. The van der Waals surface area contributed by atoms with E-state index < -0.39 is 36.5 Å². The zero-order valence-electron chi connectivity index (χ0n) is 17.1. The van der Waals surface area contributed by atoms with Crippen LogP contribution in [0.15, 0.2) is 0 Å². The van der Waals surface area contributed by atoms with Crippen LogP contribution in [0.4, 0.5) is 0 Å². The average molecular weight is 405 g/mol. The summed E-state index contributed by atoms with van der Waals surface area (Å²) in [5.74, 6) is -0.781. The predicted molar refractivity (Wildman–Crippen MR) is 99.5 cm³/mol. The van der Waals surface area contributed by atoms with Crippen LogP contribution in [0.2, 0.25) is 0 Å². The first kappa shape index (κ1) is 22.4. The van der Waals surface area contributed by atoms with Crippen molar-refractivity contribution < 1.29 is 38.6 Å². The quantitative estimate of drug-likeness (QED) is 0.503. The number of hydrogen-bond donors (Lipinski definition) is 2. The molecule has 0 saturated carbocycles. The highest BCUT2D eigenvalue weighted by Gasteiger charge is 2.55. The number of fused-ring (bicyclic) bond motifs is 1. The molecule has 3 rings (SSSR count). The maximum atomic E-state index is 10.3. The van der Waals surface area contributed by atoms with Gasteiger partial charge in [0.15, 0.2) is 18.4 Å². The van der Waals surface area contributed by atoms with E-state index in [1.165, 1.54) is 6.42 Å². The Bertz CT molecular complexity index is 453. The van der Waals surface area contributed by atoms with E-state index in [0.717, 1.165) is 51.7 Å². The van der Waals surface area contributed by atoms with Gasteiger partial charge >= 0.3 is 0 Å². The van der Waals surface area contributed by atoms with E-state index in [0.29, 0.717) is 6.61 Å². The molecule has 0 spiro atoms. The molecule has 3 heterocycles. The summed E-state index contributed by atoms with van der Waals surface area (Å²) in [5, 5.41) is 20.6. The molecule has 0 aliphatic carbocycles. The first-order valence-corrected chi connectivity index (χ1v) is 10.6. The Morgan fingerprint density at radius 3 is 2.57 bits per heavy atom. The highest BCUT2D eigenvalue weighted by atomic mass is 16.8. The molecule has 8 heteroatoms. The molecule has 0 radical (unpaired) electrons. The molecule has 3 saturated heterocycles. The van der Waals surface area contributed by atoms with Crippen molar-refractivity contribution in [2.75, 3.05) is 26.4 Å². The minimum Gasteiger partial charge on any atom is -0.388 e. The third-order valence-corrected chi connectivity index (χ3v) is 5.35. The Balaban J connectivity index is 1.18. The van der Waals surface area contributed by atoms with Crippen molar-refractivity contribution in [2.45, 2.75) is 102 Å². The summed E-state index contributed by atoms with van der Waals surface area (Å²) in [7, 11) is 0. The standard InChI is InChI=1S/C20H36O8/c1-20(2)27-18-16(22)17(26-19(18)28-20)14(21)13-23-10-6-3-4-7-11-24-15-9-5-8-12-25-15/h14-19,21-22H,3-13H2,1-2H3/t14-,15?,16+,17-,18-,19-/m1/s1. The van der Waals surface area contributed by atoms with Gasteiger partial charge < -0.3 is 38.6 Å². The van der Waals surface area contributed by atoms with E-state index in [-0.39, 0.29) is 12.9 Å². The molecule has 3 fully saturated rings. The molecular weight excluding hydrogens is 368 g/mol. The highest BCUT2D eigenvalue weighted by molar-refractivity contribution is 4.95. The van der Waals surface area contributed by atoms with Crippen LogP contribution in [-0.4, -0.2) is 79.4 Å². The molecule has 3 aliphatic rings. The van der Waals surface area contributed by atoms with Crippen molar-refractivity contribution in [1.29, 1.82) is 0 Å². The highest BCUT2D eigenvalue weighted by Crippen LogP contribution is 2.38. The summed E-state index contributed by atoms with van der Waals surface area (Å²) in [6.45, 7) is 5.78. The zero-order chi connectivity index (χ0) is 20.0. The van der Waals surface area contributed by atoms with Crippen molar-refractivity contribution in [3.8, 4) is 0 Å². The SMILES string of the molecule is CC1(C)O[C@H]2O[C@H]([C@H](O)COCCCCCCOC3CCCCO3)[C@H](O)[C@H]2O1. The van der Waals surface area contributed by atoms with Gasteiger partial charge in [-0.3, -0.25) is 0 Å². The second kappa shape index (κ2) is 10.6. The van der Waals surface area contributed by atoms with Gasteiger partial charge in [-0.25, -0.2) is 0 Å². The minimum absolute atomic E-state index is 0.00636. The van der Waals surface area contributed by atoms with Crippen LogP contribution in [0.1, 0.15) is 58.8 Å². The van der Waals surface area contributed by atoms with E-state index in [9.17, 15) is 10.2 Å². The van der Waals surface area contributed by atoms with Gasteiger partial charge in [0, 0.05) is 19.8 Å². The number of aliphatic hydroxyl groups excluding tert-OH is 2. The van der Waals surface area contributed by atoms with Crippen LogP contribution >= 0.6 is 0 Å². The van der Waals surface area contributed by atoms with Gasteiger partial charge in [0.25, 0.3) is 0 Å². The Kier molecular flexibility index (Phi) is 8.49. The summed E-state index contributed by atoms with van der Waals surface area (Å²) in [4.78, 5) is 0. The Morgan fingerprint density at radius 2 is 1.86 bits per heavy atom. The average Bonchev–Trinajstić information content (AvgIpc) is 3.13. The monoisotopic (exact) mass is 404 g/mol. The number of unbranched alkanes of at least 4 members (excludes halogenated alkanes) is 3. The van der Waals surface area contributed by atoms with Crippen molar-refractivity contribution in [3.05, 3.63) is 0 Å². The van der Waals surface area contributed by atoms with Crippen LogP contribution < -0.4 is 0 Å². The maximum absolute atomic E-state index is 10.3. The summed E-state index contributed by atoms with van der Waals surface area (Å²) in [6.07, 6.45) is 3.57. The normalized spacial score (nSPS) is 35.8. The van der Waals surface area contributed by atoms with Crippen molar-refractivity contribution in [1.82, 2.24) is 0 Å². The number of rotatable bonds is 11. The fourth-order valence-corrected chi connectivity index (χ4v) is 3.85. The van der Waals surface area contributed by atoms with Gasteiger partial charge in [-0.1, -0.05) is 12.8 Å². The second-order valence-electron chi connectivity index (χ2n) is 8.28. The van der Waals surface area contributed by atoms with Gasteiger partial charge in [-0.2, -0.15) is 0 Å². The van der Waals surface area contributed by atoms with Crippen LogP contribution in [0.3, 0.4) is 0 Å². The Hall–Kier alpha value is -0.320. The largest absolute Gasteiger partial charge is 0.388 e. The molecule has 0 bridgehead atoms. The summed E-state index contributed by atoms with van der Waals surface area (Å²) in [5.41, 5.74) is 0. The van der Waals surface area contributed by atoms with Crippen LogP contribution in [0, 0.1) is 0 Å². The zero-order valence-corrected chi connectivity index (χ0v) is 17.1. The molecule has 0 amide bonds. The van der Waals surface area contributed by atoms with E-state index in [2.05, 4.69) is 0 Å². The minimum atomic E-state index is -0.932. The second-order valence-corrected chi connectivity index (χ2v) is 8.28. The molecule has 8 nitrogen and oxygen atoms in total. The Labute approximate surface area is 167 Å². The molecule has 28 heavy (non-hydrogen) atoms. The molecule has 164 valence electrons. The number of aliphatic hydroxyl groups is 2. The molecule has 3 aliphatic heterocycles. The lowest BCUT2D eigenvalue weighted by Gasteiger charge is -2.25. The topological polar surface area (TPSA) is 95.8 Å². The van der Waals surface area contributed by atoms with Gasteiger partial charge in [-0.05, 0) is 46.0 Å². The summed E-state index contributed by atoms with van der Waals surface area (Å²) in [6, 6.07) is 0. The van der Waals surface area contributed by atoms with Gasteiger partial charge in [0.2, 0.25) is 0 Å². The van der Waals surface area contributed by atoms with Gasteiger partial charge in [-0.15, -0.1) is 0 Å². The van der Waals surface area contributed by atoms with E-state index in [1.807, 2.05) is 0 Å². The molecule has 2 N–H and O–H groups in total. The van der Waals surface area contributed by atoms with Crippen LogP contribution in [0.5, 0.6) is 0 Å². The molecule has 0 aromatic rings. The van der Waals surface area contributed by atoms with Gasteiger partial charge in [0.1, 0.15) is 24.4 Å². The maximum Gasteiger partial charge on any atom is 0.190 e. The van der Waals surface area contributed by atoms with E-state index in [1.54, 1.807) is 13.8 Å².